The van der Waals surface area contributed by atoms with Gasteiger partial charge in [0.15, 0.2) is 18.1 Å². The molecule has 2 amide bonds. The molecule has 3 saturated carbocycles. The summed E-state index contributed by atoms with van der Waals surface area (Å²) in [6.07, 6.45) is 2.03. The van der Waals surface area contributed by atoms with Gasteiger partial charge in [-0.15, -0.1) is 0 Å². The Labute approximate surface area is 206 Å². The van der Waals surface area contributed by atoms with Crippen LogP contribution < -0.4 is 24.8 Å². The summed E-state index contributed by atoms with van der Waals surface area (Å²) in [4.78, 5) is 25.4. The van der Waals surface area contributed by atoms with Crippen LogP contribution in [0.4, 0.5) is 4.39 Å². The minimum atomic E-state index is -0.794. The molecule has 3 N–H and O–H groups in total. The van der Waals surface area contributed by atoms with Gasteiger partial charge < -0.3 is 30.0 Å². The Morgan fingerprint density at radius 2 is 1.83 bits per heavy atom. The Hall–Kier alpha value is -3.04. The van der Waals surface area contributed by atoms with Crippen LogP contribution in [0.5, 0.6) is 17.2 Å². The van der Waals surface area contributed by atoms with Gasteiger partial charge in [0.05, 0.1) is 23.1 Å². The molecule has 3 aliphatic carbocycles. The third kappa shape index (κ3) is 4.88. The number of halogens is 2. The summed E-state index contributed by atoms with van der Waals surface area (Å²) in [6.45, 7) is -0.110. The van der Waals surface area contributed by atoms with Crippen molar-refractivity contribution in [2.24, 2.45) is 0 Å². The zero-order valence-corrected chi connectivity index (χ0v) is 19.7. The number of aliphatic hydroxyl groups excluding tert-OH is 1. The molecule has 4 aliphatic rings. The molecule has 0 saturated heterocycles. The zero-order valence-electron chi connectivity index (χ0n) is 18.9. The summed E-state index contributed by atoms with van der Waals surface area (Å²) in [7, 11) is 0. The first kappa shape index (κ1) is 23.7. The van der Waals surface area contributed by atoms with Gasteiger partial charge in [0.2, 0.25) is 12.7 Å². The van der Waals surface area contributed by atoms with Crippen molar-refractivity contribution in [2.45, 2.75) is 55.7 Å². The highest BCUT2D eigenvalue weighted by Crippen LogP contribution is 2.47. The van der Waals surface area contributed by atoms with E-state index in [-0.39, 0.29) is 42.4 Å². The van der Waals surface area contributed by atoms with E-state index in [1.807, 2.05) is 6.07 Å². The fraction of sp³-hybridized carbons (Fsp3) is 0.440. The van der Waals surface area contributed by atoms with Crippen LogP contribution >= 0.6 is 11.6 Å². The molecule has 1 atom stereocenters. The SMILES string of the molecule is O=C(COc1ccc(Cl)c(F)c1)NC12CCC(NC(=O)Cc3ccc4c(c3)OCO4)(CC1)C(O)C2. The largest absolute Gasteiger partial charge is 0.484 e. The van der Waals surface area contributed by atoms with Crippen LogP contribution in [0.15, 0.2) is 36.4 Å². The van der Waals surface area contributed by atoms with Crippen molar-refractivity contribution in [3.8, 4) is 17.2 Å². The molecule has 10 heteroatoms. The molecule has 3 fully saturated rings. The van der Waals surface area contributed by atoms with Crippen molar-refractivity contribution in [1.29, 1.82) is 0 Å². The lowest BCUT2D eigenvalue weighted by Crippen LogP contribution is -2.70. The maximum absolute atomic E-state index is 13.6. The molecule has 0 spiro atoms. The number of carbonyl (C=O) groups is 2. The molecule has 1 heterocycles. The molecule has 8 nitrogen and oxygen atoms in total. The lowest BCUT2D eigenvalue weighted by Gasteiger charge is -2.56. The van der Waals surface area contributed by atoms with Crippen LogP contribution in [0, 0.1) is 5.82 Å². The van der Waals surface area contributed by atoms with E-state index in [0.717, 1.165) is 11.6 Å². The van der Waals surface area contributed by atoms with Crippen LogP contribution in [0.25, 0.3) is 0 Å². The lowest BCUT2D eigenvalue weighted by molar-refractivity contribution is -0.135. The highest BCUT2D eigenvalue weighted by molar-refractivity contribution is 6.30. The third-order valence-electron chi connectivity index (χ3n) is 7.18. The van der Waals surface area contributed by atoms with Gasteiger partial charge >= 0.3 is 0 Å². The van der Waals surface area contributed by atoms with E-state index in [2.05, 4.69) is 10.6 Å². The summed E-state index contributed by atoms with van der Waals surface area (Å²) < 4.78 is 29.6. The molecule has 2 bridgehead atoms. The predicted molar refractivity (Wildman–Crippen MR) is 124 cm³/mol. The quantitative estimate of drug-likeness (QED) is 0.535. The summed E-state index contributed by atoms with van der Waals surface area (Å²) in [6, 6.07) is 9.37. The molecular weight excluding hydrogens is 479 g/mol. The van der Waals surface area contributed by atoms with Crippen molar-refractivity contribution in [1.82, 2.24) is 10.6 Å². The minimum Gasteiger partial charge on any atom is -0.484 e. The Morgan fingerprint density at radius 3 is 2.57 bits per heavy atom. The van der Waals surface area contributed by atoms with Crippen LogP contribution in [0.3, 0.4) is 0 Å². The highest BCUT2D eigenvalue weighted by Gasteiger charge is 2.55. The van der Waals surface area contributed by atoms with E-state index in [1.54, 1.807) is 12.1 Å². The number of aliphatic hydroxyl groups is 1. The molecule has 0 radical (unpaired) electrons. The maximum atomic E-state index is 13.6. The van der Waals surface area contributed by atoms with E-state index in [1.165, 1.54) is 12.1 Å². The summed E-state index contributed by atoms with van der Waals surface area (Å²) in [5.41, 5.74) is -0.474. The van der Waals surface area contributed by atoms with Gasteiger partial charge in [0, 0.05) is 11.6 Å². The molecule has 1 unspecified atom stereocenters. The topological polar surface area (TPSA) is 106 Å². The zero-order chi connectivity index (χ0) is 24.6. The highest BCUT2D eigenvalue weighted by atomic mass is 35.5. The second-order valence-corrected chi connectivity index (χ2v) is 9.89. The van der Waals surface area contributed by atoms with Gasteiger partial charge in [-0.3, -0.25) is 9.59 Å². The number of amides is 2. The Morgan fingerprint density at radius 1 is 1.06 bits per heavy atom. The number of hydrogen-bond donors (Lipinski definition) is 3. The number of rotatable bonds is 7. The number of benzene rings is 2. The average molecular weight is 505 g/mol. The first-order valence-corrected chi connectivity index (χ1v) is 11.9. The van der Waals surface area contributed by atoms with Crippen molar-refractivity contribution < 1.29 is 33.3 Å². The summed E-state index contributed by atoms with van der Waals surface area (Å²) in [5.74, 6) is 0.332. The Balaban J connectivity index is 1.15. The van der Waals surface area contributed by atoms with E-state index < -0.39 is 23.0 Å². The molecule has 0 aromatic heterocycles. The molecule has 35 heavy (non-hydrogen) atoms. The first-order valence-electron chi connectivity index (χ1n) is 11.5. The minimum absolute atomic E-state index is 0.0226. The van der Waals surface area contributed by atoms with Gasteiger partial charge in [0.25, 0.3) is 5.91 Å². The average Bonchev–Trinajstić information content (AvgIpc) is 3.29. The van der Waals surface area contributed by atoms with Gasteiger partial charge in [0.1, 0.15) is 11.6 Å². The van der Waals surface area contributed by atoms with E-state index in [9.17, 15) is 19.1 Å². The first-order chi connectivity index (χ1) is 16.8. The molecule has 2 aromatic rings. The smallest absolute Gasteiger partial charge is 0.258 e. The normalized spacial score (nSPS) is 26.3. The van der Waals surface area contributed by atoms with E-state index >= 15 is 0 Å². The number of ether oxygens (including phenoxy) is 3. The third-order valence-corrected chi connectivity index (χ3v) is 7.48. The van der Waals surface area contributed by atoms with Crippen LogP contribution in [-0.4, -0.2) is 47.5 Å². The van der Waals surface area contributed by atoms with Gasteiger partial charge in [-0.2, -0.15) is 0 Å². The monoisotopic (exact) mass is 504 g/mol. The van der Waals surface area contributed by atoms with E-state index in [0.29, 0.717) is 43.6 Å². The van der Waals surface area contributed by atoms with Crippen molar-refractivity contribution in [3.63, 3.8) is 0 Å². The summed E-state index contributed by atoms with van der Waals surface area (Å²) in [5, 5.41) is 17.0. The van der Waals surface area contributed by atoms with Gasteiger partial charge in [-0.25, -0.2) is 4.39 Å². The fourth-order valence-electron chi connectivity index (χ4n) is 5.27. The number of carbonyl (C=O) groups excluding carboxylic acids is 2. The second kappa shape index (κ2) is 9.20. The molecule has 1 aliphatic heterocycles. The Bertz CT molecular complexity index is 1150. The van der Waals surface area contributed by atoms with Gasteiger partial charge in [-0.05, 0) is 61.9 Å². The van der Waals surface area contributed by atoms with Crippen molar-refractivity contribution >= 4 is 23.4 Å². The Kier molecular flexibility index (Phi) is 6.23. The van der Waals surface area contributed by atoms with Gasteiger partial charge in [-0.1, -0.05) is 17.7 Å². The van der Waals surface area contributed by atoms with Crippen LogP contribution in [0.1, 0.15) is 37.7 Å². The number of nitrogens with one attached hydrogen (secondary N) is 2. The predicted octanol–water partition coefficient (Wildman–Crippen LogP) is 2.88. The maximum Gasteiger partial charge on any atom is 0.258 e. The van der Waals surface area contributed by atoms with Crippen LogP contribution in [-0.2, 0) is 16.0 Å². The standard InChI is InChI=1S/C25H26ClFN2O6/c26-17-3-2-16(11-18(17)27)33-13-23(32)28-24-5-7-25(8-6-24,21(30)12-24)29-22(31)10-15-1-4-19-20(9-15)35-14-34-19/h1-4,9,11,21,30H,5-8,10,12-14H2,(H,28,32)(H,29,31). The molecule has 186 valence electrons. The number of hydrogen-bond acceptors (Lipinski definition) is 6. The second-order valence-electron chi connectivity index (χ2n) is 9.48. The summed E-state index contributed by atoms with van der Waals surface area (Å²) >= 11 is 5.66. The van der Waals surface area contributed by atoms with Crippen molar-refractivity contribution in [2.75, 3.05) is 13.4 Å². The molecular formula is C25H26ClFN2O6. The molecule has 6 rings (SSSR count). The van der Waals surface area contributed by atoms with E-state index in [4.69, 9.17) is 25.8 Å². The fourth-order valence-corrected chi connectivity index (χ4v) is 5.38. The lowest BCUT2D eigenvalue weighted by atomic mass is 9.60. The van der Waals surface area contributed by atoms with Crippen LogP contribution in [0.2, 0.25) is 5.02 Å². The molecule has 2 aromatic carbocycles. The number of fused-ring (bicyclic) bond motifs is 4. The van der Waals surface area contributed by atoms with Crippen molar-refractivity contribution in [3.05, 3.63) is 52.8 Å².